The van der Waals surface area contributed by atoms with E-state index in [1.807, 2.05) is 12.1 Å². The number of anilines is 3. The number of benzene rings is 4. The first kappa shape index (κ1) is 14.3. The molecule has 0 aromatic heterocycles. The van der Waals surface area contributed by atoms with Gasteiger partial charge in [-0.3, -0.25) is 10.4 Å². The zero-order valence-electron chi connectivity index (χ0n) is 13.3. The van der Waals surface area contributed by atoms with Crippen LogP contribution in [0.15, 0.2) is 103 Å². The van der Waals surface area contributed by atoms with Gasteiger partial charge in [0.1, 0.15) is 0 Å². The third-order valence-electron chi connectivity index (χ3n) is 4.05. The van der Waals surface area contributed by atoms with E-state index in [1.54, 1.807) is 0 Å². The highest BCUT2D eigenvalue weighted by Gasteiger charge is 2.10. The second kappa shape index (κ2) is 6.47. The standard InChI is InChI=1S/C22H18N2/c1-3-12-19(13-4-1)24(20-14-5-2-6-15-20)23-22-17-9-11-18-10-7-8-16-21(18)22/h1-17,23H. The smallest absolute Gasteiger partial charge is 0.0630 e. The van der Waals surface area contributed by atoms with Gasteiger partial charge >= 0.3 is 0 Å². The van der Waals surface area contributed by atoms with Crippen LogP contribution in [-0.2, 0) is 0 Å². The van der Waals surface area contributed by atoms with Gasteiger partial charge in [0.15, 0.2) is 0 Å². The lowest BCUT2D eigenvalue weighted by Crippen LogP contribution is -2.24. The molecule has 4 aromatic rings. The van der Waals surface area contributed by atoms with Crippen molar-refractivity contribution in [3.63, 3.8) is 0 Å². The Morgan fingerprint density at radius 2 is 1.04 bits per heavy atom. The van der Waals surface area contributed by atoms with Crippen molar-refractivity contribution in [2.75, 3.05) is 10.4 Å². The molecule has 0 bridgehead atoms. The molecule has 0 saturated carbocycles. The van der Waals surface area contributed by atoms with E-state index < -0.39 is 0 Å². The van der Waals surface area contributed by atoms with Gasteiger partial charge in [-0.25, -0.2) is 0 Å². The zero-order valence-corrected chi connectivity index (χ0v) is 13.3. The number of nitrogens with zero attached hydrogens (tertiary/aromatic N) is 1. The van der Waals surface area contributed by atoms with E-state index >= 15 is 0 Å². The van der Waals surface area contributed by atoms with Crippen LogP contribution in [0, 0.1) is 0 Å². The number of fused-ring (bicyclic) bond motifs is 1. The third kappa shape index (κ3) is 2.82. The number of hydrazine groups is 1. The van der Waals surface area contributed by atoms with Crippen LogP contribution in [-0.4, -0.2) is 0 Å². The summed E-state index contributed by atoms with van der Waals surface area (Å²) in [5.41, 5.74) is 6.86. The highest BCUT2D eigenvalue weighted by atomic mass is 15.5. The molecule has 0 fully saturated rings. The molecule has 2 heteroatoms. The number of nitrogens with one attached hydrogen (secondary N) is 1. The van der Waals surface area contributed by atoms with Crippen molar-refractivity contribution < 1.29 is 0 Å². The van der Waals surface area contributed by atoms with E-state index in [1.165, 1.54) is 10.8 Å². The molecule has 2 nitrogen and oxygen atoms in total. The van der Waals surface area contributed by atoms with Crippen LogP contribution in [0.2, 0.25) is 0 Å². The predicted molar refractivity (Wildman–Crippen MR) is 103 cm³/mol. The molecule has 0 atom stereocenters. The first-order valence-electron chi connectivity index (χ1n) is 8.06. The maximum Gasteiger partial charge on any atom is 0.0630 e. The number of hydrogen-bond donors (Lipinski definition) is 1. The second-order valence-electron chi connectivity index (χ2n) is 5.65. The molecule has 0 radical (unpaired) electrons. The SMILES string of the molecule is c1ccc(N(Nc2cccc3ccccc23)c2ccccc2)cc1. The van der Waals surface area contributed by atoms with E-state index in [-0.39, 0.29) is 0 Å². The van der Waals surface area contributed by atoms with Gasteiger partial charge in [-0.05, 0) is 35.7 Å². The number of rotatable bonds is 4. The van der Waals surface area contributed by atoms with Crippen molar-refractivity contribution in [2.45, 2.75) is 0 Å². The first-order chi connectivity index (χ1) is 11.9. The van der Waals surface area contributed by atoms with Crippen molar-refractivity contribution in [3.8, 4) is 0 Å². The van der Waals surface area contributed by atoms with Crippen LogP contribution < -0.4 is 10.4 Å². The fourth-order valence-corrected chi connectivity index (χ4v) is 2.88. The van der Waals surface area contributed by atoms with Gasteiger partial charge in [0, 0.05) is 5.39 Å². The normalized spacial score (nSPS) is 10.5. The summed E-state index contributed by atoms with van der Waals surface area (Å²) >= 11 is 0. The molecule has 4 aromatic carbocycles. The average Bonchev–Trinajstić information content (AvgIpc) is 2.67. The molecule has 4 rings (SSSR count). The molecule has 0 amide bonds. The fourth-order valence-electron chi connectivity index (χ4n) is 2.88. The summed E-state index contributed by atoms with van der Waals surface area (Å²) < 4.78 is 0. The van der Waals surface area contributed by atoms with Gasteiger partial charge in [0.2, 0.25) is 0 Å². The highest BCUT2D eigenvalue weighted by molar-refractivity contribution is 5.94. The van der Waals surface area contributed by atoms with Crippen molar-refractivity contribution >= 4 is 27.8 Å². The van der Waals surface area contributed by atoms with Gasteiger partial charge in [0.25, 0.3) is 0 Å². The van der Waals surface area contributed by atoms with Gasteiger partial charge in [-0.2, -0.15) is 0 Å². The maximum absolute atomic E-state index is 3.59. The molecule has 0 spiro atoms. The average molecular weight is 310 g/mol. The molecule has 0 aliphatic heterocycles. The minimum atomic E-state index is 1.08. The maximum atomic E-state index is 3.59. The quantitative estimate of drug-likeness (QED) is 0.465. The Morgan fingerprint density at radius 1 is 0.500 bits per heavy atom. The van der Waals surface area contributed by atoms with Crippen molar-refractivity contribution in [1.82, 2.24) is 0 Å². The summed E-state index contributed by atoms with van der Waals surface area (Å²) in [7, 11) is 0. The van der Waals surface area contributed by atoms with Crippen molar-refractivity contribution in [1.29, 1.82) is 0 Å². The second-order valence-corrected chi connectivity index (χ2v) is 5.65. The monoisotopic (exact) mass is 310 g/mol. The Morgan fingerprint density at radius 3 is 1.71 bits per heavy atom. The molecule has 0 aliphatic rings. The molecule has 24 heavy (non-hydrogen) atoms. The third-order valence-corrected chi connectivity index (χ3v) is 4.05. The zero-order chi connectivity index (χ0) is 16.2. The number of para-hydroxylation sites is 2. The predicted octanol–water partition coefficient (Wildman–Crippen LogP) is 6.01. The molecule has 0 heterocycles. The minimum Gasteiger partial charge on any atom is -0.293 e. The van der Waals surface area contributed by atoms with E-state index in [9.17, 15) is 0 Å². The van der Waals surface area contributed by atoms with E-state index in [2.05, 4.69) is 101 Å². The Hall–Kier alpha value is -3.26. The molecule has 0 aliphatic carbocycles. The fraction of sp³-hybridized carbons (Fsp3) is 0. The van der Waals surface area contributed by atoms with Crippen LogP contribution in [0.1, 0.15) is 0 Å². The van der Waals surface area contributed by atoms with Gasteiger partial charge < -0.3 is 0 Å². The largest absolute Gasteiger partial charge is 0.293 e. The topological polar surface area (TPSA) is 15.3 Å². The Bertz CT molecular complexity index is 889. The van der Waals surface area contributed by atoms with E-state index in [0.717, 1.165) is 17.1 Å². The molecular weight excluding hydrogens is 292 g/mol. The summed E-state index contributed by atoms with van der Waals surface area (Å²) in [4.78, 5) is 0. The van der Waals surface area contributed by atoms with Crippen molar-refractivity contribution in [2.24, 2.45) is 0 Å². The summed E-state index contributed by atoms with van der Waals surface area (Å²) in [6.45, 7) is 0. The lowest BCUT2D eigenvalue weighted by Gasteiger charge is -2.27. The van der Waals surface area contributed by atoms with Crippen LogP contribution in [0.4, 0.5) is 17.1 Å². The minimum absolute atomic E-state index is 1.08. The summed E-state index contributed by atoms with van der Waals surface area (Å²) in [6, 6.07) is 35.4. The summed E-state index contributed by atoms with van der Waals surface area (Å²) in [5, 5.41) is 4.54. The molecule has 0 saturated heterocycles. The Kier molecular flexibility index (Phi) is 3.86. The number of hydrogen-bond acceptors (Lipinski definition) is 2. The van der Waals surface area contributed by atoms with Crippen LogP contribution >= 0.6 is 0 Å². The Balaban J connectivity index is 1.80. The van der Waals surface area contributed by atoms with E-state index in [0.29, 0.717) is 0 Å². The van der Waals surface area contributed by atoms with Crippen LogP contribution in [0.3, 0.4) is 0 Å². The molecule has 116 valence electrons. The molecule has 0 unspecified atom stereocenters. The van der Waals surface area contributed by atoms with Gasteiger partial charge in [0.05, 0.1) is 17.1 Å². The first-order valence-corrected chi connectivity index (χ1v) is 8.06. The van der Waals surface area contributed by atoms with Crippen LogP contribution in [0.25, 0.3) is 10.8 Å². The van der Waals surface area contributed by atoms with Crippen molar-refractivity contribution in [3.05, 3.63) is 103 Å². The summed E-state index contributed by atoms with van der Waals surface area (Å²) in [6.07, 6.45) is 0. The summed E-state index contributed by atoms with van der Waals surface area (Å²) in [5.74, 6) is 0. The lowest BCUT2D eigenvalue weighted by atomic mass is 10.1. The van der Waals surface area contributed by atoms with Gasteiger partial charge in [-0.15, -0.1) is 0 Å². The van der Waals surface area contributed by atoms with Crippen LogP contribution in [0.5, 0.6) is 0 Å². The van der Waals surface area contributed by atoms with E-state index in [4.69, 9.17) is 0 Å². The Labute approximate surface area is 142 Å². The lowest BCUT2D eigenvalue weighted by molar-refractivity contribution is 1.17. The molecular formula is C22H18N2. The molecule has 1 N–H and O–H groups in total. The highest BCUT2D eigenvalue weighted by Crippen LogP contribution is 2.29. The van der Waals surface area contributed by atoms with Gasteiger partial charge in [-0.1, -0.05) is 72.8 Å².